The summed E-state index contributed by atoms with van der Waals surface area (Å²) < 4.78 is 0. The van der Waals surface area contributed by atoms with Gasteiger partial charge >= 0.3 is 0 Å². The van der Waals surface area contributed by atoms with Crippen molar-refractivity contribution in [3.63, 3.8) is 0 Å². The van der Waals surface area contributed by atoms with Crippen molar-refractivity contribution in [3.8, 4) is 11.1 Å². The van der Waals surface area contributed by atoms with Crippen LogP contribution in [0, 0.1) is 0 Å². The van der Waals surface area contributed by atoms with Gasteiger partial charge in [-0.1, -0.05) is 36.4 Å². The van der Waals surface area contributed by atoms with Crippen LogP contribution < -0.4 is 5.32 Å². The van der Waals surface area contributed by atoms with Gasteiger partial charge in [0.2, 0.25) is 5.95 Å². The number of rotatable bonds is 4. The molecule has 2 aromatic carbocycles. The number of nitrogens with one attached hydrogen (secondary N) is 2. The lowest BCUT2D eigenvalue weighted by atomic mass is 10.1. The molecule has 0 fully saturated rings. The zero-order valence-corrected chi connectivity index (χ0v) is 14.4. The molecule has 7 heteroatoms. The Balaban J connectivity index is 0.00000182. The molecule has 1 unspecified atom stereocenters. The Morgan fingerprint density at radius 1 is 0.960 bits per heavy atom. The maximum atomic E-state index is 4.55. The molecule has 0 spiro atoms. The second kappa shape index (κ2) is 7.27. The molecule has 0 aliphatic heterocycles. The standard InChI is InChI=1S/C18H16N6.ClH/c1-12(13-5-3-2-4-6-13)21-18-22-16-8-7-14(9-17(16)23-24-18)15-10-19-20-11-15;/h2-12H,1H3,(H,19,20)(H,21,22,24);1H. The van der Waals surface area contributed by atoms with Crippen molar-refractivity contribution >= 4 is 29.4 Å². The topological polar surface area (TPSA) is 79.4 Å². The first-order valence-corrected chi connectivity index (χ1v) is 7.75. The maximum absolute atomic E-state index is 4.55. The van der Waals surface area contributed by atoms with E-state index < -0.39 is 0 Å². The van der Waals surface area contributed by atoms with Crippen LogP contribution in [-0.4, -0.2) is 25.4 Å². The van der Waals surface area contributed by atoms with Crippen molar-refractivity contribution in [2.24, 2.45) is 0 Å². The third kappa shape index (κ3) is 3.59. The predicted octanol–water partition coefficient (Wildman–Crippen LogP) is 4.01. The van der Waals surface area contributed by atoms with Crippen LogP contribution in [0.1, 0.15) is 18.5 Å². The van der Waals surface area contributed by atoms with Gasteiger partial charge in [0.1, 0.15) is 5.52 Å². The molecule has 126 valence electrons. The first-order valence-electron chi connectivity index (χ1n) is 7.75. The summed E-state index contributed by atoms with van der Waals surface area (Å²) in [7, 11) is 0. The third-order valence-electron chi connectivity index (χ3n) is 3.93. The van der Waals surface area contributed by atoms with Gasteiger partial charge in [-0.15, -0.1) is 22.6 Å². The van der Waals surface area contributed by atoms with Crippen molar-refractivity contribution in [3.05, 3.63) is 66.5 Å². The van der Waals surface area contributed by atoms with Crippen molar-refractivity contribution in [2.45, 2.75) is 13.0 Å². The molecule has 4 rings (SSSR count). The van der Waals surface area contributed by atoms with Gasteiger partial charge in [0.15, 0.2) is 0 Å². The average molecular weight is 353 g/mol. The number of benzene rings is 2. The van der Waals surface area contributed by atoms with Gasteiger partial charge in [-0.2, -0.15) is 5.10 Å². The molecule has 2 N–H and O–H groups in total. The number of hydrogen-bond acceptors (Lipinski definition) is 5. The summed E-state index contributed by atoms with van der Waals surface area (Å²) in [6.45, 7) is 2.07. The summed E-state index contributed by atoms with van der Waals surface area (Å²) in [5, 5.41) is 18.6. The quantitative estimate of drug-likeness (QED) is 0.580. The van der Waals surface area contributed by atoms with Crippen LogP contribution in [0.3, 0.4) is 0 Å². The summed E-state index contributed by atoms with van der Waals surface area (Å²) >= 11 is 0. The largest absolute Gasteiger partial charge is 0.346 e. The minimum Gasteiger partial charge on any atom is -0.346 e. The molecular weight excluding hydrogens is 336 g/mol. The van der Waals surface area contributed by atoms with Crippen LogP contribution in [0.2, 0.25) is 0 Å². The molecular formula is C18H17ClN6. The molecule has 2 heterocycles. The minimum atomic E-state index is 0. The fraction of sp³-hybridized carbons (Fsp3) is 0.111. The summed E-state index contributed by atoms with van der Waals surface area (Å²) in [5.74, 6) is 0.523. The van der Waals surface area contributed by atoms with E-state index in [0.29, 0.717) is 5.95 Å². The second-order valence-corrected chi connectivity index (χ2v) is 5.60. The van der Waals surface area contributed by atoms with Crippen molar-refractivity contribution < 1.29 is 0 Å². The minimum absolute atomic E-state index is 0. The van der Waals surface area contributed by atoms with Gasteiger partial charge in [-0.3, -0.25) is 5.10 Å². The Labute approximate surface area is 151 Å². The van der Waals surface area contributed by atoms with E-state index in [0.717, 1.165) is 22.2 Å². The highest BCUT2D eigenvalue weighted by Gasteiger charge is 2.09. The molecule has 2 aromatic heterocycles. The van der Waals surface area contributed by atoms with Crippen LogP contribution in [0.25, 0.3) is 22.2 Å². The van der Waals surface area contributed by atoms with E-state index in [1.807, 2.05) is 42.6 Å². The molecule has 0 aliphatic carbocycles. The SMILES string of the molecule is CC(Nc1nnc2cc(-c3cn[nH]c3)ccc2n1)c1ccccc1.Cl. The monoisotopic (exact) mass is 352 g/mol. The van der Waals surface area contributed by atoms with Gasteiger partial charge in [0, 0.05) is 11.8 Å². The predicted molar refractivity (Wildman–Crippen MR) is 101 cm³/mol. The molecule has 6 nitrogen and oxygen atoms in total. The number of fused-ring (bicyclic) bond motifs is 1. The van der Waals surface area contributed by atoms with Gasteiger partial charge in [0.25, 0.3) is 0 Å². The summed E-state index contributed by atoms with van der Waals surface area (Å²) in [6, 6.07) is 16.2. The number of aromatic nitrogens is 5. The lowest BCUT2D eigenvalue weighted by Crippen LogP contribution is -2.10. The summed E-state index contributed by atoms with van der Waals surface area (Å²) in [4.78, 5) is 4.55. The van der Waals surface area contributed by atoms with Gasteiger partial charge in [-0.05, 0) is 30.2 Å². The number of hydrogen-bond donors (Lipinski definition) is 2. The van der Waals surface area contributed by atoms with E-state index in [9.17, 15) is 0 Å². The zero-order valence-electron chi connectivity index (χ0n) is 13.5. The maximum Gasteiger partial charge on any atom is 0.243 e. The molecule has 0 radical (unpaired) electrons. The van der Waals surface area contributed by atoms with Crippen LogP contribution in [0.15, 0.2) is 60.9 Å². The highest BCUT2D eigenvalue weighted by molar-refractivity contribution is 5.85. The van der Waals surface area contributed by atoms with Gasteiger partial charge < -0.3 is 5.32 Å². The average Bonchev–Trinajstić information content (AvgIpc) is 3.17. The molecule has 0 bridgehead atoms. The van der Waals surface area contributed by atoms with E-state index in [1.165, 1.54) is 5.56 Å². The molecule has 25 heavy (non-hydrogen) atoms. The van der Waals surface area contributed by atoms with Crippen LogP contribution in [0.4, 0.5) is 5.95 Å². The first-order chi connectivity index (χ1) is 11.8. The molecule has 0 saturated carbocycles. The van der Waals surface area contributed by atoms with E-state index in [2.05, 4.69) is 49.8 Å². The Hall–Kier alpha value is -2.99. The smallest absolute Gasteiger partial charge is 0.243 e. The normalized spacial score (nSPS) is 11.7. The van der Waals surface area contributed by atoms with Gasteiger partial charge in [0.05, 0.1) is 17.8 Å². The number of anilines is 1. The fourth-order valence-corrected chi connectivity index (χ4v) is 2.60. The molecule has 1 atom stereocenters. The molecule has 0 saturated heterocycles. The fourth-order valence-electron chi connectivity index (χ4n) is 2.60. The molecule has 0 aliphatic rings. The Kier molecular flexibility index (Phi) is 4.90. The number of H-pyrrole nitrogens is 1. The van der Waals surface area contributed by atoms with E-state index in [-0.39, 0.29) is 18.4 Å². The lowest BCUT2D eigenvalue weighted by Gasteiger charge is -2.13. The van der Waals surface area contributed by atoms with Crippen LogP contribution in [-0.2, 0) is 0 Å². The van der Waals surface area contributed by atoms with Crippen molar-refractivity contribution in [2.75, 3.05) is 5.32 Å². The Morgan fingerprint density at radius 2 is 1.80 bits per heavy atom. The number of halogens is 1. The third-order valence-corrected chi connectivity index (χ3v) is 3.93. The molecule has 0 amide bonds. The molecule has 4 aromatic rings. The van der Waals surface area contributed by atoms with Gasteiger partial charge in [-0.25, -0.2) is 4.98 Å². The lowest BCUT2D eigenvalue weighted by molar-refractivity contribution is 0.849. The van der Waals surface area contributed by atoms with E-state index >= 15 is 0 Å². The van der Waals surface area contributed by atoms with Crippen LogP contribution >= 0.6 is 12.4 Å². The highest BCUT2D eigenvalue weighted by atomic mass is 35.5. The summed E-state index contributed by atoms with van der Waals surface area (Å²) in [5.41, 5.74) is 4.78. The second-order valence-electron chi connectivity index (χ2n) is 5.60. The van der Waals surface area contributed by atoms with Crippen LogP contribution in [0.5, 0.6) is 0 Å². The number of nitrogens with zero attached hydrogens (tertiary/aromatic N) is 4. The Bertz CT molecular complexity index is 956. The number of aromatic amines is 1. The van der Waals surface area contributed by atoms with E-state index in [1.54, 1.807) is 6.20 Å². The van der Waals surface area contributed by atoms with Crippen molar-refractivity contribution in [1.29, 1.82) is 0 Å². The Morgan fingerprint density at radius 3 is 2.56 bits per heavy atom. The highest BCUT2D eigenvalue weighted by Crippen LogP contribution is 2.22. The first kappa shape index (κ1) is 16.9. The zero-order chi connectivity index (χ0) is 16.4. The van der Waals surface area contributed by atoms with E-state index in [4.69, 9.17) is 0 Å². The summed E-state index contributed by atoms with van der Waals surface area (Å²) in [6.07, 6.45) is 3.62. The van der Waals surface area contributed by atoms with Crippen molar-refractivity contribution in [1.82, 2.24) is 25.4 Å².